The predicted molar refractivity (Wildman–Crippen MR) is 122 cm³/mol. The van der Waals surface area contributed by atoms with Crippen LogP contribution in [0.2, 0.25) is 0 Å². The quantitative estimate of drug-likeness (QED) is 0.414. The molecule has 166 valence electrons. The molecule has 4 aromatic rings. The zero-order valence-electron chi connectivity index (χ0n) is 17.9. The lowest BCUT2D eigenvalue weighted by molar-refractivity contribution is 0.266. The van der Waals surface area contributed by atoms with Gasteiger partial charge in [-0.3, -0.25) is 8.58 Å². The summed E-state index contributed by atoms with van der Waals surface area (Å²) in [4.78, 5) is 11.7. The van der Waals surface area contributed by atoms with Crippen LogP contribution in [0.15, 0.2) is 59.6 Å². The van der Waals surface area contributed by atoms with Crippen LogP contribution in [0.1, 0.15) is 12.0 Å². The molecule has 0 saturated carbocycles. The molecule has 1 atom stereocenters. The van der Waals surface area contributed by atoms with Gasteiger partial charge in [0.15, 0.2) is 0 Å². The number of ether oxygens (including phenoxy) is 1. The monoisotopic (exact) mass is 452 g/mol. The van der Waals surface area contributed by atoms with E-state index in [2.05, 4.69) is 9.88 Å². The van der Waals surface area contributed by atoms with E-state index in [0.29, 0.717) is 12.3 Å². The van der Waals surface area contributed by atoms with Crippen molar-refractivity contribution in [2.75, 3.05) is 31.7 Å². The first-order valence-electron chi connectivity index (χ1n) is 10.5. The number of hydrogen-bond acceptors (Lipinski definition) is 7. The van der Waals surface area contributed by atoms with Gasteiger partial charge in [-0.2, -0.15) is 13.4 Å². The fraction of sp³-hybridized carbons (Fsp3) is 0.304. The molecule has 0 bridgehead atoms. The van der Waals surface area contributed by atoms with Gasteiger partial charge in [-0.05, 0) is 43.7 Å². The van der Waals surface area contributed by atoms with E-state index in [0.717, 1.165) is 41.1 Å². The van der Waals surface area contributed by atoms with Gasteiger partial charge >= 0.3 is 0 Å². The highest BCUT2D eigenvalue weighted by atomic mass is 32.2. The Balaban J connectivity index is 1.28. The number of aromatic nitrogens is 3. The number of rotatable bonds is 6. The third kappa shape index (κ3) is 3.89. The highest BCUT2D eigenvalue weighted by Crippen LogP contribution is 2.26. The van der Waals surface area contributed by atoms with Crippen molar-refractivity contribution in [3.05, 3.63) is 60.3 Å². The average molecular weight is 453 g/mol. The van der Waals surface area contributed by atoms with Gasteiger partial charge in [-0.15, -0.1) is 0 Å². The smallest absolute Gasteiger partial charge is 0.296 e. The van der Waals surface area contributed by atoms with E-state index in [1.807, 2.05) is 41.8 Å². The number of hydrogen-bond donors (Lipinski definition) is 0. The van der Waals surface area contributed by atoms with Crippen molar-refractivity contribution in [1.29, 1.82) is 0 Å². The van der Waals surface area contributed by atoms with E-state index in [4.69, 9.17) is 13.9 Å². The van der Waals surface area contributed by atoms with Crippen LogP contribution in [-0.2, 0) is 14.3 Å². The highest BCUT2D eigenvalue weighted by molar-refractivity contribution is 7.86. The Bertz CT molecular complexity index is 1380. The number of methoxy groups -OCH3 is 1. The molecule has 2 aromatic heterocycles. The number of imidazole rings is 1. The summed E-state index contributed by atoms with van der Waals surface area (Å²) >= 11 is 0. The third-order valence-corrected chi connectivity index (χ3v) is 7.14. The summed E-state index contributed by atoms with van der Waals surface area (Å²) in [5.41, 5.74) is 2.79. The Morgan fingerprint density at radius 2 is 1.91 bits per heavy atom. The van der Waals surface area contributed by atoms with E-state index in [1.165, 1.54) is 0 Å². The number of aryl methyl sites for hydroxylation is 1. The van der Waals surface area contributed by atoms with Crippen LogP contribution in [0.25, 0.3) is 16.8 Å². The third-order valence-electron chi connectivity index (χ3n) is 5.84. The number of fused-ring (bicyclic) bond motifs is 3. The maximum atomic E-state index is 12.5. The summed E-state index contributed by atoms with van der Waals surface area (Å²) in [6.45, 7) is 3.54. The molecule has 0 amide bonds. The maximum Gasteiger partial charge on any atom is 0.296 e. The summed E-state index contributed by atoms with van der Waals surface area (Å²) in [5.74, 6) is 2.30. The minimum absolute atomic E-state index is 0.108. The molecule has 1 fully saturated rings. The minimum atomic E-state index is -3.75. The molecular weight excluding hydrogens is 428 g/mol. The van der Waals surface area contributed by atoms with Crippen LogP contribution in [0, 0.1) is 12.8 Å². The Kier molecular flexibility index (Phi) is 5.22. The van der Waals surface area contributed by atoms with Crippen molar-refractivity contribution < 1.29 is 17.3 Å². The molecule has 1 aliphatic heterocycles. The number of anilines is 1. The lowest BCUT2D eigenvalue weighted by atomic mass is 10.1. The maximum absolute atomic E-state index is 12.5. The first kappa shape index (κ1) is 20.7. The summed E-state index contributed by atoms with van der Waals surface area (Å²) in [6.07, 6.45) is 2.80. The SMILES string of the molecule is COc1ccc2c(c1)nc1nc(N3CCC(COS(=O)(=O)c4ccc(C)cc4)C3)ccn12. The second-order valence-electron chi connectivity index (χ2n) is 8.07. The van der Waals surface area contributed by atoms with Gasteiger partial charge < -0.3 is 9.64 Å². The lowest BCUT2D eigenvalue weighted by Crippen LogP contribution is -2.23. The molecule has 0 radical (unpaired) electrons. The Morgan fingerprint density at radius 1 is 1.09 bits per heavy atom. The van der Waals surface area contributed by atoms with Gasteiger partial charge in [0.25, 0.3) is 10.1 Å². The molecule has 1 saturated heterocycles. The van der Waals surface area contributed by atoms with Crippen molar-refractivity contribution in [3.63, 3.8) is 0 Å². The first-order chi connectivity index (χ1) is 15.4. The van der Waals surface area contributed by atoms with Gasteiger partial charge in [0.1, 0.15) is 11.6 Å². The van der Waals surface area contributed by atoms with E-state index < -0.39 is 10.1 Å². The van der Waals surface area contributed by atoms with Gasteiger partial charge in [0, 0.05) is 31.3 Å². The van der Waals surface area contributed by atoms with Crippen molar-refractivity contribution in [2.45, 2.75) is 18.2 Å². The van der Waals surface area contributed by atoms with Crippen LogP contribution in [0.4, 0.5) is 5.82 Å². The zero-order chi connectivity index (χ0) is 22.3. The average Bonchev–Trinajstić information content (AvgIpc) is 3.41. The molecule has 1 unspecified atom stereocenters. The molecule has 1 aliphatic rings. The normalized spacial score (nSPS) is 16.8. The molecule has 3 heterocycles. The van der Waals surface area contributed by atoms with E-state index in [-0.39, 0.29) is 17.4 Å². The molecule has 0 N–H and O–H groups in total. The Hall–Kier alpha value is -3.17. The largest absolute Gasteiger partial charge is 0.497 e. The van der Waals surface area contributed by atoms with Crippen LogP contribution >= 0.6 is 0 Å². The van der Waals surface area contributed by atoms with E-state index in [1.54, 1.807) is 31.4 Å². The summed E-state index contributed by atoms with van der Waals surface area (Å²) in [6, 6.07) is 14.4. The van der Waals surface area contributed by atoms with Crippen molar-refractivity contribution in [1.82, 2.24) is 14.4 Å². The van der Waals surface area contributed by atoms with Crippen molar-refractivity contribution in [2.24, 2.45) is 5.92 Å². The minimum Gasteiger partial charge on any atom is -0.497 e. The highest BCUT2D eigenvalue weighted by Gasteiger charge is 2.26. The topological polar surface area (TPSA) is 86.0 Å². The van der Waals surface area contributed by atoms with Crippen molar-refractivity contribution >= 4 is 32.7 Å². The van der Waals surface area contributed by atoms with Crippen LogP contribution in [-0.4, -0.2) is 49.6 Å². The van der Waals surface area contributed by atoms with Gasteiger partial charge in [-0.25, -0.2) is 4.98 Å². The number of benzene rings is 2. The molecule has 8 nitrogen and oxygen atoms in total. The fourth-order valence-electron chi connectivity index (χ4n) is 4.01. The van der Waals surface area contributed by atoms with Crippen LogP contribution in [0.3, 0.4) is 0 Å². The molecule has 0 spiro atoms. The standard InChI is InChI=1S/C23H24N4O4S/c1-16-3-6-19(7-4-16)32(28,29)31-15-17-9-11-26(14-17)22-10-12-27-21-8-5-18(30-2)13-20(21)24-23(27)25-22/h3-8,10,12-13,17H,9,11,14-15H2,1-2H3. The van der Waals surface area contributed by atoms with Crippen LogP contribution in [0.5, 0.6) is 5.75 Å². The first-order valence-corrected chi connectivity index (χ1v) is 11.9. The van der Waals surface area contributed by atoms with Crippen LogP contribution < -0.4 is 9.64 Å². The second-order valence-corrected chi connectivity index (χ2v) is 9.69. The van der Waals surface area contributed by atoms with Gasteiger partial charge in [0.2, 0.25) is 5.78 Å². The lowest BCUT2D eigenvalue weighted by Gasteiger charge is -2.17. The van der Waals surface area contributed by atoms with Gasteiger partial charge in [0.05, 0.1) is 29.6 Å². The molecule has 32 heavy (non-hydrogen) atoms. The number of nitrogens with zero attached hydrogens (tertiary/aromatic N) is 4. The van der Waals surface area contributed by atoms with Gasteiger partial charge in [-0.1, -0.05) is 17.7 Å². The Morgan fingerprint density at radius 3 is 2.69 bits per heavy atom. The van der Waals surface area contributed by atoms with E-state index >= 15 is 0 Å². The summed E-state index contributed by atoms with van der Waals surface area (Å²) in [5, 5.41) is 0. The summed E-state index contributed by atoms with van der Waals surface area (Å²) < 4.78 is 37.5. The Labute approximate surface area is 186 Å². The van der Waals surface area contributed by atoms with Crippen molar-refractivity contribution in [3.8, 4) is 5.75 Å². The predicted octanol–water partition coefficient (Wildman–Crippen LogP) is 3.43. The molecule has 0 aliphatic carbocycles. The second kappa shape index (κ2) is 8.07. The molecule has 2 aromatic carbocycles. The van der Waals surface area contributed by atoms with E-state index in [9.17, 15) is 8.42 Å². The molecule has 5 rings (SSSR count). The molecule has 9 heteroatoms. The fourth-order valence-corrected chi connectivity index (χ4v) is 4.99. The summed E-state index contributed by atoms with van der Waals surface area (Å²) in [7, 11) is -2.12. The zero-order valence-corrected chi connectivity index (χ0v) is 18.7. The molecular formula is C23H24N4O4S.